The summed E-state index contributed by atoms with van der Waals surface area (Å²) in [5.74, 6) is -3.49. The Hall–Kier alpha value is -1.89. The summed E-state index contributed by atoms with van der Waals surface area (Å²) in [5.41, 5.74) is 6.31. The molecule has 0 radical (unpaired) electrons. The lowest BCUT2D eigenvalue weighted by Gasteiger charge is -2.40. The maximum atomic E-state index is 14.0. The predicted molar refractivity (Wildman–Crippen MR) is 116 cm³/mol. The molecule has 12 heteroatoms. The van der Waals surface area contributed by atoms with E-state index in [2.05, 4.69) is 10.6 Å². The zero-order chi connectivity index (χ0) is 24.2. The standard InChI is InChI=1S/C21H31F3N4O4S/c1-32-6-4-26-21(29)27-5-7-33(30,31)28-15-2-3-16(28)9-14(8-15)20(25)11-13-10-18(23)19(24)12-17(13)22/h10,12,14-16,20H,2-9,11,25H2,1H3,(H2,26,27,29)/t15-,16-,20+/m0/s1. The van der Waals surface area contributed by atoms with Crippen LogP contribution >= 0.6 is 0 Å². The average Bonchev–Trinajstić information content (AvgIpc) is 3.03. The molecule has 3 atom stereocenters. The molecule has 2 aliphatic heterocycles. The number of hydrogen-bond acceptors (Lipinski definition) is 5. The van der Waals surface area contributed by atoms with Gasteiger partial charge in [0.2, 0.25) is 10.0 Å². The maximum Gasteiger partial charge on any atom is 0.314 e. The second kappa shape index (κ2) is 11.0. The summed E-state index contributed by atoms with van der Waals surface area (Å²) in [4.78, 5) is 11.7. The molecule has 2 heterocycles. The van der Waals surface area contributed by atoms with Crippen molar-refractivity contribution in [1.82, 2.24) is 14.9 Å². The van der Waals surface area contributed by atoms with Crippen LogP contribution < -0.4 is 16.4 Å². The third kappa shape index (κ3) is 6.37. The Morgan fingerprint density at radius 1 is 1.12 bits per heavy atom. The van der Waals surface area contributed by atoms with E-state index in [0.29, 0.717) is 44.9 Å². The second-order valence-corrected chi connectivity index (χ2v) is 10.7. The number of halogens is 3. The lowest BCUT2D eigenvalue weighted by Crippen LogP contribution is -2.51. The molecule has 0 aliphatic carbocycles. The van der Waals surface area contributed by atoms with E-state index in [1.54, 1.807) is 4.31 Å². The molecular formula is C21H31F3N4O4S. The molecule has 2 amide bonds. The first-order chi connectivity index (χ1) is 15.6. The Morgan fingerprint density at radius 3 is 2.36 bits per heavy atom. The van der Waals surface area contributed by atoms with Crippen molar-refractivity contribution in [2.24, 2.45) is 11.7 Å². The number of rotatable bonds is 10. The van der Waals surface area contributed by atoms with Gasteiger partial charge in [-0.25, -0.2) is 26.4 Å². The van der Waals surface area contributed by atoms with Gasteiger partial charge in [-0.05, 0) is 49.7 Å². The SMILES string of the molecule is COCCNC(=O)NCCS(=O)(=O)N1[C@H]2CC[C@H]1CC([C@H](N)Cc1cc(F)c(F)cc1F)C2. The highest BCUT2D eigenvalue weighted by Crippen LogP contribution is 2.41. The Labute approximate surface area is 192 Å². The van der Waals surface area contributed by atoms with Gasteiger partial charge in [-0.3, -0.25) is 0 Å². The van der Waals surface area contributed by atoms with E-state index in [9.17, 15) is 26.4 Å². The third-order valence-corrected chi connectivity index (χ3v) is 8.37. The number of fused-ring (bicyclic) bond motifs is 2. The van der Waals surface area contributed by atoms with Gasteiger partial charge in [-0.2, -0.15) is 4.31 Å². The number of amides is 2. The molecule has 33 heavy (non-hydrogen) atoms. The molecule has 2 bridgehead atoms. The normalized spacial score (nSPS) is 24.0. The Morgan fingerprint density at radius 2 is 1.73 bits per heavy atom. The summed E-state index contributed by atoms with van der Waals surface area (Å²) >= 11 is 0. The number of methoxy groups -OCH3 is 1. The molecule has 2 aliphatic rings. The maximum absolute atomic E-state index is 14.0. The predicted octanol–water partition coefficient (Wildman–Crippen LogP) is 1.49. The highest BCUT2D eigenvalue weighted by Gasteiger charge is 2.47. The van der Waals surface area contributed by atoms with Gasteiger partial charge < -0.3 is 21.1 Å². The number of nitrogens with one attached hydrogen (secondary N) is 2. The van der Waals surface area contributed by atoms with E-state index in [1.165, 1.54) is 7.11 Å². The fourth-order valence-electron chi connectivity index (χ4n) is 4.85. The van der Waals surface area contributed by atoms with Crippen molar-refractivity contribution in [2.45, 2.75) is 50.2 Å². The van der Waals surface area contributed by atoms with Crippen LogP contribution in [-0.4, -0.2) is 69.4 Å². The van der Waals surface area contributed by atoms with Gasteiger partial charge in [0.1, 0.15) is 5.82 Å². The summed E-state index contributed by atoms with van der Waals surface area (Å²) in [7, 11) is -2.08. The summed E-state index contributed by atoms with van der Waals surface area (Å²) in [5, 5.41) is 5.09. The Bertz CT molecular complexity index is 936. The lowest BCUT2D eigenvalue weighted by molar-refractivity contribution is 0.170. The van der Waals surface area contributed by atoms with Crippen LogP contribution in [-0.2, 0) is 21.2 Å². The monoisotopic (exact) mass is 492 g/mol. The zero-order valence-electron chi connectivity index (χ0n) is 18.5. The van der Waals surface area contributed by atoms with Crippen molar-refractivity contribution in [2.75, 3.05) is 32.6 Å². The number of nitrogens with two attached hydrogens (primary N) is 1. The summed E-state index contributed by atoms with van der Waals surface area (Å²) in [6, 6.07) is -0.0429. The minimum Gasteiger partial charge on any atom is -0.383 e. The van der Waals surface area contributed by atoms with Crippen molar-refractivity contribution >= 4 is 16.1 Å². The average molecular weight is 493 g/mol. The third-order valence-electron chi connectivity index (χ3n) is 6.41. The first-order valence-electron chi connectivity index (χ1n) is 11.0. The number of urea groups is 1. The van der Waals surface area contributed by atoms with Gasteiger partial charge in [0, 0.05) is 44.4 Å². The molecule has 186 valence electrons. The van der Waals surface area contributed by atoms with Crippen LogP contribution in [0.15, 0.2) is 12.1 Å². The van der Waals surface area contributed by atoms with Crippen molar-refractivity contribution in [3.05, 3.63) is 35.1 Å². The van der Waals surface area contributed by atoms with Gasteiger partial charge in [0.25, 0.3) is 0 Å². The smallest absolute Gasteiger partial charge is 0.314 e. The first-order valence-corrected chi connectivity index (χ1v) is 12.6. The van der Waals surface area contributed by atoms with Crippen molar-refractivity contribution in [3.63, 3.8) is 0 Å². The molecule has 2 fully saturated rings. The molecule has 8 nitrogen and oxygen atoms in total. The highest BCUT2D eigenvalue weighted by molar-refractivity contribution is 7.89. The Balaban J connectivity index is 1.55. The van der Waals surface area contributed by atoms with Gasteiger partial charge in [-0.1, -0.05) is 0 Å². The van der Waals surface area contributed by atoms with Crippen LogP contribution in [0.5, 0.6) is 0 Å². The van der Waals surface area contributed by atoms with Crippen LogP contribution in [0.4, 0.5) is 18.0 Å². The minimum absolute atomic E-state index is 0.0126. The highest BCUT2D eigenvalue weighted by atomic mass is 32.2. The fourth-order valence-corrected chi connectivity index (χ4v) is 6.71. The molecule has 1 aromatic rings. The van der Waals surface area contributed by atoms with Gasteiger partial charge in [0.15, 0.2) is 11.6 Å². The number of nitrogens with zero attached hydrogens (tertiary/aromatic N) is 1. The van der Waals surface area contributed by atoms with Crippen LogP contribution in [0.25, 0.3) is 0 Å². The molecule has 0 spiro atoms. The van der Waals surface area contributed by atoms with E-state index in [4.69, 9.17) is 10.5 Å². The number of hydrogen-bond donors (Lipinski definition) is 3. The van der Waals surface area contributed by atoms with E-state index in [1.807, 2.05) is 0 Å². The molecule has 0 saturated carbocycles. The van der Waals surface area contributed by atoms with E-state index >= 15 is 0 Å². The quantitative estimate of drug-likeness (QED) is 0.338. The fraction of sp³-hybridized carbons (Fsp3) is 0.667. The van der Waals surface area contributed by atoms with Crippen LogP contribution in [0.3, 0.4) is 0 Å². The molecule has 3 rings (SSSR count). The number of benzene rings is 1. The summed E-state index contributed by atoms with van der Waals surface area (Å²) < 4.78 is 73.0. The van der Waals surface area contributed by atoms with Gasteiger partial charge in [0.05, 0.1) is 12.4 Å². The van der Waals surface area contributed by atoms with Crippen molar-refractivity contribution in [3.8, 4) is 0 Å². The topological polar surface area (TPSA) is 114 Å². The van der Waals surface area contributed by atoms with E-state index in [-0.39, 0.29) is 42.3 Å². The number of carbonyl (C=O) groups is 1. The number of carbonyl (C=O) groups excluding carboxylic acids is 1. The van der Waals surface area contributed by atoms with Crippen LogP contribution in [0.1, 0.15) is 31.2 Å². The molecule has 1 aromatic carbocycles. The minimum atomic E-state index is -3.59. The zero-order valence-corrected chi connectivity index (χ0v) is 19.3. The molecule has 4 N–H and O–H groups in total. The van der Waals surface area contributed by atoms with Gasteiger partial charge in [-0.15, -0.1) is 0 Å². The van der Waals surface area contributed by atoms with E-state index in [0.717, 1.165) is 6.07 Å². The van der Waals surface area contributed by atoms with Crippen molar-refractivity contribution in [1.29, 1.82) is 0 Å². The molecular weight excluding hydrogens is 461 g/mol. The molecule has 2 saturated heterocycles. The largest absolute Gasteiger partial charge is 0.383 e. The number of piperidine rings is 1. The number of sulfonamides is 1. The van der Waals surface area contributed by atoms with Gasteiger partial charge >= 0.3 is 6.03 Å². The second-order valence-electron chi connectivity index (χ2n) is 8.66. The number of ether oxygens (including phenoxy) is 1. The lowest BCUT2D eigenvalue weighted by atomic mass is 9.83. The van der Waals surface area contributed by atoms with Crippen LogP contribution in [0, 0.1) is 23.4 Å². The van der Waals surface area contributed by atoms with Crippen molar-refractivity contribution < 1.29 is 31.1 Å². The summed E-state index contributed by atoms with van der Waals surface area (Å²) in [6.07, 6.45) is 2.50. The first kappa shape index (κ1) is 25.7. The molecule has 0 unspecified atom stereocenters. The van der Waals surface area contributed by atoms with E-state index < -0.39 is 39.5 Å². The van der Waals surface area contributed by atoms with Crippen LogP contribution in [0.2, 0.25) is 0 Å². The summed E-state index contributed by atoms with van der Waals surface area (Å²) in [6.45, 7) is 0.659. The molecule has 0 aromatic heterocycles. The Kier molecular flexibility index (Phi) is 8.59.